The number of carbonyl (C=O) groups is 2. The van der Waals surface area contributed by atoms with Crippen LogP contribution in [-0.4, -0.2) is 29.3 Å². The van der Waals surface area contributed by atoms with Gasteiger partial charge in [-0.25, -0.2) is 0 Å². The number of nitrogens with one attached hydrogen (secondary N) is 1. The zero-order valence-electron chi connectivity index (χ0n) is 10.9. The number of hydrogen-bond acceptors (Lipinski definition) is 3. The van der Waals surface area contributed by atoms with Gasteiger partial charge in [-0.1, -0.05) is 0 Å². The van der Waals surface area contributed by atoms with Crippen LogP contribution in [0.1, 0.15) is 37.8 Å². The molecule has 0 aromatic carbocycles. The lowest BCUT2D eigenvalue weighted by Crippen LogP contribution is -2.43. The van der Waals surface area contributed by atoms with Gasteiger partial charge in [0.25, 0.3) is 0 Å². The second-order valence-corrected chi connectivity index (χ2v) is 4.70. The van der Waals surface area contributed by atoms with Crippen molar-refractivity contribution < 1.29 is 14.0 Å². The molecule has 2 amide bonds. The van der Waals surface area contributed by atoms with Gasteiger partial charge in [0.1, 0.15) is 17.6 Å². The fourth-order valence-corrected chi connectivity index (χ4v) is 2.17. The fraction of sp³-hybridized carbons (Fsp3) is 0.538. The maximum absolute atomic E-state index is 12.2. The Morgan fingerprint density at radius 1 is 1.44 bits per heavy atom. The molecule has 0 bridgehead atoms. The number of carbonyl (C=O) groups excluding carboxylic acids is 2. The minimum Gasteiger partial charge on any atom is -0.464 e. The smallest absolute Gasteiger partial charge is 0.245 e. The highest BCUT2D eigenvalue weighted by Gasteiger charge is 2.31. The minimum absolute atomic E-state index is 0.0672. The highest BCUT2D eigenvalue weighted by Crippen LogP contribution is 2.24. The quantitative estimate of drug-likeness (QED) is 0.862. The number of furan rings is 1. The molecule has 18 heavy (non-hydrogen) atoms. The average Bonchev–Trinajstić information content (AvgIpc) is 2.70. The summed E-state index contributed by atoms with van der Waals surface area (Å²) in [5, 5.41) is 2.67. The second kappa shape index (κ2) is 4.84. The predicted octanol–water partition coefficient (Wildman–Crippen LogP) is 1.39. The Kier molecular flexibility index (Phi) is 3.41. The van der Waals surface area contributed by atoms with Gasteiger partial charge in [0.05, 0.1) is 6.04 Å². The first-order chi connectivity index (χ1) is 8.49. The van der Waals surface area contributed by atoms with Crippen LogP contribution < -0.4 is 5.32 Å². The minimum atomic E-state index is -0.474. The lowest BCUT2D eigenvalue weighted by molar-refractivity contribution is -0.135. The van der Waals surface area contributed by atoms with E-state index in [1.54, 1.807) is 11.8 Å². The van der Waals surface area contributed by atoms with Gasteiger partial charge >= 0.3 is 0 Å². The van der Waals surface area contributed by atoms with E-state index in [1.165, 1.54) is 0 Å². The van der Waals surface area contributed by atoms with Gasteiger partial charge in [-0.15, -0.1) is 0 Å². The molecule has 5 nitrogen and oxygen atoms in total. The molecule has 2 unspecified atom stereocenters. The SMILES string of the molecule is Cc1ccc(C(C)N2CCC(=O)NC(C)C2=O)o1. The van der Waals surface area contributed by atoms with E-state index in [-0.39, 0.29) is 17.9 Å². The van der Waals surface area contributed by atoms with Crippen molar-refractivity contribution >= 4 is 11.8 Å². The summed E-state index contributed by atoms with van der Waals surface area (Å²) < 4.78 is 5.55. The van der Waals surface area contributed by atoms with Gasteiger partial charge in [0.2, 0.25) is 11.8 Å². The van der Waals surface area contributed by atoms with E-state index >= 15 is 0 Å². The summed E-state index contributed by atoms with van der Waals surface area (Å²) in [5.41, 5.74) is 0. The van der Waals surface area contributed by atoms with E-state index in [9.17, 15) is 9.59 Å². The predicted molar refractivity (Wildman–Crippen MR) is 65.8 cm³/mol. The Morgan fingerprint density at radius 3 is 2.78 bits per heavy atom. The number of hydrogen-bond donors (Lipinski definition) is 1. The van der Waals surface area contributed by atoms with Crippen molar-refractivity contribution in [3.05, 3.63) is 23.7 Å². The van der Waals surface area contributed by atoms with Crippen LogP contribution >= 0.6 is 0 Å². The summed E-state index contributed by atoms with van der Waals surface area (Å²) in [5.74, 6) is 1.42. The van der Waals surface area contributed by atoms with Gasteiger partial charge in [-0.05, 0) is 32.9 Å². The number of nitrogens with zero attached hydrogens (tertiary/aromatic N) is 1. The summed E-state index contributed by atoms with van der Waals surface area (Å²) in [6, 6.07) is 3.12. The summed E-state index contributed by atoms with van der Waals surface area (Å²) in [6.07, 6.45) is 0.333. The summed E-state index contributed by atoms with van der Waals surface area (Å²) in [7, 11) is 0. The number of rotatable bonds is 2. The first-order valence-corrected chi connectivity index (χ1v) is 6.15. The Labute approximate surface area is 106 Å². The first kappa shape index (κ1) is 12.7. The molecule has 0 saturated carbocycles. The van der Waals surface area contributed by atoms with Crippen LogP contribution in [0.3, 0.4) is 0 Å². The van der Waals surface area contributed by atoms with E-state index < -0.39 is 6.04 Å². The topological polar surface area (TPSA) is 62.6 Å². The van der Waals surface area contributed by atoms with E-state index in [0.717, 1.165) is 11.5 Å². The molecule has 98 valence electrons. The molecule has 2 atom stereocenters. The van der Waals surface area contributed by atoms with Crippen molar-refractivity contribution in [1.82, 2.24) is 10.2 Å². The molecule has 1 aromatic rings. The Bertz CT molecular complexity index is 467. The fourth-order valence-electron chi connectivity index (χ4n) is 2.17. The highest BCUT2D eigenvalue weighted by molar-refractivity contribution is 5.89. The van der Waals surface area contributed by atoms with Gasteiger partial charge in [-0.2, -0.15) is 0 Å². The maximum atomic E-state index is 12.2. The van der Waals surface area contributed by atoms with Crippen molar-refractivity contribution in [2.75, 3.05) is 6.54 Å². The molecular formula is C13H18N2O3. The second-order valence-electron chi connectivity index (χ2n) is 4.70. The molecule has 1 aromatic heterocycles. The van der Waals surface area contributed by atoms with Crippen molar-refractivity contribution in [3.63, 3.8) is 0 Å². The van der Waals surface area contributed by atoms with Gasteiger partial charge in [0, 0.05) is 13.0 Å². The highest BCUT2D eigenvalue weighted by atomic mass is 16.3. The first-order valence-electron chi connectivity index (χ1n) is 6.15. The molecule has 0 radical (unpaired) electrons. The molecule has 0 spiro atoms. The van der Waals surface area contributed by atoms with E-state index in [1.807, 2.05) is 26.0 Å². The maximum Gasteiger partial charge on any atom is 0.245 e. The zero-order chi connectivity index (χ0) is 13.3. The van der Waals surface area contributed by atoms with Crippen molar-refractivity contribution in [2.24, 2.45) is 0 Å². The zero-order valence-corrected chi connectivity index (χ0v) is 10.9. The number of aryl methyl sites for hydroxylation is 1. The van der Waals surface area contributed by atoms with Crippen LogP contribution in [0.5, 0.6) is 0 Å². The molecule has 2 rings (SSSR count). The molecule has 1 aliphatic rings. The molecule has 1 saturated heterocycles. The summed E-state index contributed by atoms with van der Waals surface area (Å²) >= 11 is 0. The van der Waals surface area contributed by atoms with Crippen LogP contribution in [-0.2, 0) is 9.59 Å². The molecule has 0 aliphatic carbocycles. The Morgan fingerprint density at radius 2 is 2.17 bits per heavy atom. The molecule has 1 N–H and O–H groups in total. The summed E-state index contributed by atoms with van der Waals surface area (Å²) in [6.45, 7) is 5.92. The average molecular weight is 250 g/mol. The standard InChI is InChI=1S/C13H18N2O3/c1-8-4-5-11(18-8)10(3)15-7-6-12(16)14-9(2)13(15)17/h4-5,9-10H,6-7H2,1-3H3,(H,14,16). The van der Waals surface area contributed by atoms with Crippen LogP contribution in [0.2, 0.25) is 0 Å². The third-order valence-corrected chi connectivity index (χ3v) is 3.25. The van der Waals surface area contributed by atoms with Crippen LogP contribution in [0, 0.1) is 6.92 Å². The molecule has 2 heterocycles. The normalized spacial score (nSPS) is 22.6. The van der Waals surface area contributed by atoms with Gasteiger partial charge in [-0.3, -0.25) is 9.59 Å². The number of amides is 2. The molecular weight excluding hydrogens is 232 g/mol. The Balaban J connectivity index is 2.20. The largest absolute Gasteiger partial charge is 0.464 e. The molecule has 5 heteroatoms. The third kappa shape index (κ3) is 2.39. The van der Waals surface area contributed by atoms with Gasteiger partial charge in [0.15, 0.2) is 0 Å². The van der Waals surface area contributed by atoms with Crippen molar-refractivity contribution in [2.45, 2.75) is 39.3 Å². The molecule has 1 aliphatic heterocycles. The lowest BCUT2D eigenvalue weighted by atomic mass is 10.2. The van der Waals surface area contributed by atoms with E-state index in [0.29, 0.717) is 13.0 Å². The summed E-state index contributed by atoms with van der Waals surface area (Å²) in [4.78, 5) is 25.3. The van der Waals surface area contributed by atoms with Gasteiger partial charge < -0.3 is 14.6 Å². The van der Waals surface area contributed by atoms with Crippen LogP contribution in [0.25, 0.3) is 0 Å². The Hall–Kier alpha value is -1.78. The molecule has 1 fully saturated rings. The van der Waals surface area contributed by atoms with Crippen LogP contribution in [0.15, 0.2) is 16.5 Å². The monoisotopic (exact) mass is 250 g/mol. The lowest BCUT2D eigenvalue weighted by Gasteiger charge is -2.27. The third-order valence-electron chi connectivity index (χ3n) is 3.25. The van der Waals surface area contributed by atoms with Crippen LogP contribution in [0.4, 0.5) is 0 Å². The van der Waals surface area contributed by atoms with Crippen molar-refractivity contribution in [3.8, 4) is 0 Å². The van der Waals surface area contributed by atoms with Crippen molar-refractivity contribution in [1.29, 1.82) is 0 Å². The van der Waals surface area contributed by atoms with E-state index in [2.05, 4.69) is 5.32 Å². The van der Waals surface area contributed by atoms with E-state index in [4.69, 9.17) is 4.42 Å².